The van der Waals surface area contributed by atoms with Crippen molar-refractivity contribution in [1.29, 1.82) is 0 Å². The van der Waals surface area contributed by atoms with Crippen molar-refractivity contribution < 1.29 is 9.90 Å². The van der Waals surface area contributed by atoms with Gasteiger partial charge in [0.05, 0.1) is 0 Å². The van der Waals surface area contributed by atoms with Gasteiger partial charge in [-0.1, -0.05) is 49.6 Å². The Morgan fingerprint density at radius 1 is 1.19 bits per heavy atom. The highest BCUT2D eigenvalue weighted by Crippen LogP contribution is 2.19. The van der Waals surface area contributed by atoms with Crippen molar-refractivity contribution in [2.45, 2.75) is 50.5 Å². The molecule has 21 heavy (non-hydrogen) atoms. The molecule has 0 aromatic heterocycles. The van der Waals surface area contributed by atoms with Gasteiger partial charge < -0.3 is 15.7 Å². The molecule has 1 aromatic carbocycles. The summed E-state index contributed by atoms with van der Waals surface area (Å²) in [5, 5.41) is 15.2. The molecule has 0 radical (unpaired) electrons. The van der Waals surface area contributed by atoms with Gasteiger partial charge in [-0.15, -0.1) is 0 Å². The summed E-state index contributed by atoms with van der Waals surface area (Å²) in [6, 6.07) is 10.3. The van der Waals surface area contributed by atoms with Gasteiger partial charge in [0.25, 0.3) is 0 Å². The lowest BCUT2D eigenvalue weighted by Crippen LogP contribution is -2.44. The van der Waals surface area contributed by atoms with Gasteiger partial charge in [-0.05, 0) is 24.8 Å². The Balaban J connectivity index is 1.79. The lowest BCUT2D eigenvalue weighted by atomic mass is 9.95. The van der Waals surface area contributed by atoms with Crippen LogP contribution in [0.2, 0.25) is 0 Å². The van der Waals surface area contributed by atoms with E-state index < -0.39 is 0 Å². The second-order valence-electron chi connectivity index (χ2n) is 5.81. The van der Waals surface area contributed by atoms with Crippen LogP contribution in [0.5, 0.6) is 0 Å². The Labute approximate surface area is 126 Å². The largest absolute Gasteiger partial charge is 0.396 e. The van der Waals surface area contributed by atoms with Crippen LogP contribution in [0.3, 0.4) is 0 Å². The van der Waals surface area contributed by atoms with Crippen LogP contribution in [0.4, 0.5) is 4.79 Å². The molecule has 1 atom stereocenters. The minimum absolute atomic E-state index is 0.0826. The highest BCUT2D eigenvalue weighted by atomic mass is 16.3. The van der Waals surface area contributed by atoms with Crippen LogP contribution in [0.25, 0.3) is 0 Å². The summed E-state index contributed by atoms with van der Waals surface area (Å²) in [6.45, 7) is 0.689. The summed E-state index contributed by atoms with van der Waals surface area (Å²) < 4.78 is 0. The van der Waals surface area contributed by atoms with Crippen LogP contribution in [-0.2, 0) is 0 Å². The van der Waals surface area contributed by atoms with Crippen LogP contribution < -0.4 is 10.6 Å². The summed E-state index contributed by atoms with van der Waals surface area (Å²) in [5.41, 5.74) is 1.16. The maximum absolute atomic E-state index is 12.0. The number of aliphatic hydroxyl groups excluding tert-OH is 1. The van der Waals surface area contributed by atoms with Crippen molar-refractivity contribution in [2.24, 2.45) is 0 Å². The van der Waals surface area contributed by atoms with E-state index in [-0.39, 0.29) is 18.6 Å². The Morgan fingerprint density at radius 2 is 1.90 bits per heavy atom. The molecule has 3 N–H and O–H groups in total. The predicted octanol–water partition coefficient (Wildman–Crippen LogP) is 2.78. The number of rotatable bonds is 6. The van der Waals surface area contributed by atoms with E-state index in [4.69, 9.17) is 0 Å². The molecule has 0 saturated heterocycles. The summed E-state index contributed by atoms with van der Waals surface area (Å²) in [5.74, 6) is 0.160. The number of hydrogen-bond donors (Lipinski definition) is 3. The Bertz CT molecular complexity index is 416. The minimum Gasteiger partial charge on any atom is -0.396 e. The third kappa shape index (κ3) is 5.38. The first-order chi connectivity index (χ1) is 10.3. The fourth-order valence-corrected chi connectivity index (χ4v) is 2.97. The van der Waals surface area contributed by atoms with Crippen molar-refractivity contribution in [3.63, 3.8) is 0 Å². The van der Waals surface area contributed by atoms with Crippen molar-refractivity contribution in [3.8, 4) is 0 Å². The number of benzene rings is 1. The molecule has 4 heteroatoms. The lowest BCUT2D eigenvalue weighted by Gasteiger charge is -2.24. The molecule has 0 spiro atoms. The third-order valence-electron chi connectivity index (χ3n) is 4.20. The summed E-state index contributed by atoms with van der Waals surface area (Å²) in [4.78, 5) is 12.0. The van der Waals surface area contributed by atoms with Gasteiger partial charge in [-0.2, -0.15) is 0 Å². The molecular weight excluding hydrogens is 264 g/mol. The van der Waals surface area contributed by atoms with Crippen LogP contribution in [0, 0.1) is 0 Å². The average Bonchev–Trinajstić information content (AvgIpc) is 2.53. The van der Waals surface area contributed by atoms with Gasteiger partial charge in [0.1, 0.15) is 0 Å². The molecule has 0 heterocycles. The number of amides is 2. The Kier molecular flexibility index (Phi) is 6.54. The average molecular weight is 290 g/mol. The standard InChI is InChI=1S/C17H26N2O2/c20-12-11-15(14-7-3-1-4-8-14)13-18-17(21)19-16-9-5-2-6-10-16/h1,3-4,7-8,15-16,20H,2,5-6,9-13H2,(H2,18,19,21). The van der Waals surface area contributed by atoms with Crippen molar-refractivity contribution in [1.82, 2.24) is 10.6 Å². The molecule has 1 saturated carbocycles. The molecule has 1 aromatic rings. The zero-order chi connectivity index (χ0) is 14.9. The maximum Gasteiger partial charge on any atom is 0.315 e. The monoisotopic (exact) mass is 290 g/mol. The second-order valence-corrected chi connectivity index (χ2v) is 5.81. The first kappa shape index (κ1) is 15.8. The molecule has 2 rings (SSSR count). The van der Waals surface area contributed by atoms with Gasteiger partial charge in [0, 0.05) is 25.1 Å². The first-order valence-electron chi connectivity index (χ1n) is 7.99. The smallest absolute Gasteiger partial charge is 0.315 e. The molecule has 0 aliphatic heterocycles. The molecule has 1 unspecified atom stereocenters. The second kappa shape index (κ2) is 8.67. The van der Waals surface area contributed by atoms with E-state index in [0.717, 1.165) is 18.4 Å². The number of aliphatic hydroxyl groups is 1. The van der Waals surface area contributed by atoms with Crippen molar-refractivity contribution in [3.05, 3.63) is 35.9 Å². The molecule has 116 valence electrons. The van der Waals surface area contributed by atoms with Gasteiger partial charge >= 0.3 is 6.03 Å². The van der Waals surface area contributed by atoms with E-state index in [0.29, 0.717) is 19.0 Å². The van der Waals surface area contributed by atoms with E-state index in [2.05, 4.69) is 10.6 Å². The first-order valence-corrected chi connectivity index (χ1v) is 7.99. The maximum atomic E-state index is 12.0. The zero-order valence-electron chi connectivity index (χ0n) is 12.6. The molecule has 2 amide bonds. The van der Waals surface area contributed by atoms with Gasteiger partial charge in [-0.25, -0.2) is 4.79 Å². The number of carbonyl (C=O) groups excluding carboxylic acids is 1. The SMILES string of the molecule is O=C(NCC(CCO)c1ccccc1)NC1CCCCC1. The Hall–Kier alpha value is -1.55. The Morgan fingerprint density at radius 3 is 2.57 bits per heavy atom. The van der Waals surface area contributed by atoms with Crippen LogP contribution in [-0.4, -0.2) is 30.3 Å². The van der Waals surface area contributed by atoms with E-state index >= 15 is 0 Å². The topological polar surface area (TPSA) is 61.4 Å². The highest BCUT2D eigenvalue weighted by molar-refractivity contribution is 5.74. The van der Waals surface area contributed by atoms with E-state index in [1.54, 1.807) is 0 Å². The molecule has 1 aliphatic carbocycles. The van der Waals surface area contributed by atoms with E-state index in [1.807, 2.05) is 30.3 Å². The van der Waals surface area contributed by atoms with Gasteiger partial charge in [0.2, 0.25) is 0 Å². The van der Waals surface area contributed by atoms with E-state index in [9.17, 15) is 9.90 Å². The predicted molar refractivity (Wildman–Crippen MR) is 84.3 cm³/mol. The number of carbonyl (C=O) groups is 1. The minimum atomic E-state index is -0.0826. The van der Waals surface area contributed by atoms with Crippen LogP contribution in [0.1, 0.15) is 50.0 Å². The summed E-state index contributed by atoms with van der Waals surface area (Å²) in [7, 11) is 0. The number of nitrogens with one attached hydrogen (secondary N) is 2. The fraction of sp³-hybridized carbons (Fsp3) is 0.588. The van der Waals surface area contributed by atoms with Crippen LogP contribution >= 0.6 is 0 Å². The fourth-order valence-electron chi connectivity index (χ4n) is 2.97. The molecule has 1 aliphatic rings. The normalized spacial score (nSPS) is 17.2. The molecule has 1 fully saturated rings. The highest BCUT2D eigenvalue weighted by Gasteiger charge is 2.17. The van der Waals surface area contributed by atoms with Crippen molar-refractivity contribution in [2.75, 3.05) is 13.2 Å². The van der Waals surface area contributed by atoms with Crippen LogP contribution in [0.15, 0.2) is 30.3 Å². The molecular formula is C17H26N2O2. The summed E-state index contributed by atoms with van der Waals surface area (Å²) in [6.07, 6.45) is 6.54. The quantitative estimate of drug-likeness (QED) is 0.754. The number of hydrogen-bond acceptors (Lipinski definition) is 2. The third-order valence-corrected chi connectivity index (χ3v) is 4.20. The van der Waals surface area contributed by atoms with E-state index in [1.165, 1.54) is 19.3 Å². The molecule has 4 nitrogen and oxygen atoms in total. The lowest BCUT2D eigenvalue weighted by molar-refractivity contribution is 0.230. The van der Waals surface area contributed by atoms with Gasteiger partial charge in [-0.3, -0.25) is 0 Å². The van der Waals surface area contributed by atoms with Crippen molar-refractivity contribution >= 4 is 6.03 Å². The zero-order valence-corrected chi connectivity index (χ0v) is 12.6. The molecule has 0 bridgehead atoms. The van der Waals surface area contributed by atoms with Gasteiger partial charge in [0.15, 0.2) is 0 Å². The number of urea groups is 1. The summed E-state index contributed by atoms with van der Waals surface area (Å²) >= 11 is 0.